The van der Waals surface area contributed by atoms with E-state index in [-0.39, 0.29) is 21.2 Å². The molecule has 0 unspecified atom stereocenters. The molecule has 0 aliphatic carbocycles. The van der Waals surface area contributed by atoms with Crippen LogP contribution >= 0.6 is 0 Å². The third-order valence-corrected chi connectivity index (χ3v) is 19.5. The molecule has 0 saturated carbocycles. The molecule has 426 valence electrons. The molecule has 0 fully saturated rings. The fraction of sp³-hybridized carbons (Fsp3) is 0.0976. The van der Waals surface area contributed by atoms with Gasteiger partial charge in [0.25, 0.3) is 0 Å². The Morgan fingerprint density at radius 2 is 0.552 bits per heavy atom. The number of anilines is 12. The Morgan fingerprint density at radius 3 is 0.897 bits per heavy atom. The molecule has 13 rings (SSSR count). The molecular weight excluding hydrogens is 1170 g/mol. The van der Waals surface area contributed by atoms with Crippen molar-refractivity contribution in [2.45, 2.75) is 47.5 Å². The molecule has 0 heterocycles. The van der Waals surface area contributed by atoms with E-state index in [0.717, 1.165) is 68.2 Å². The van der Waals surface area contributed by atoms with Crippen molar-refractivity contribution in [1.82, 2.24) is 0 Å². The maximum absolute atomic E-state index is 2.58. The maximum atomic E-state index is 2.58. The summed E-state index contributed by atoms with van der Waals surface area (Å²) in [6, 6.07) is 109. The zero-order valence-corrected chi connectivity index (χ0v) is 52.2. The molecule has 4 nitrogen and oxygen atoms in total. The topological polar surface area (TPSA) is 13.0 Å². The van der Waals surface area contributed by atoms with Crippen LogP contribution < -0.4 is 40.8 Å². The fourth-order valence-electron chi connectivity index (χ4n) is 12.5. The molecule has 13 aromatic carbocycles. The number of halogens is 1. The van der Waals surface area contributed by atoms with Gasteiger partial charge in [0.05, 0.1) is 0 Å². The first-order valence-corrected chi connectivity index (χ1v) is 32.9. The summed E-state index contributed by atoms with van der Waals surface area (Å²) in [6.45, 7) is 11.5. The Kier molecular flexibility index (Phi) is 16.5. The molecule has 0 spiro atoms. The third kappa shape index (κ3) is 11.5. The molecule has 0 aliphatic heterocycles. The van der Waals surface area contributed by atoms with E-state index in [1.54, 1.807) is 0 Å². The van der Waals surface area contributed by atoms with Crippen LogP contribution in [0.1, 0.15) is 42.0 Å². The Bertz CT molecular complexity index is 4400. The summed E-state index contributed by atoms with van der Waals surface area (Å²) in [4.78, 5) is 9.49. The summed E-state index contributed by atoms with van der Waals surface area (Å²) in [5.41, 5.74) is 23.3. The fourth-order valence-corrected chi connectivity index (χ4v) is 15.2. The van der Waals surface area contributed by atoms with Gasteiger partial charge in [0.15, 0.2) is 0 Å². The van der Waals surface area contributed by atoms with E-state index in [4.69, 9.17) is 0 Å². The quantitative estimate of drug-likeness (QED) is 0.0367. The van der Waals surface area contributed by atoms with Gasteiger partial charge < -0.3 is 9.80 Å². The average molecular weight is 1240 g/mol. The van der Waals surface area contributed by atoms with Crippen LogP contribution in [0.5, 0.6) is 0 Å². The number of unbranched alkanes of at least 4 members (excludes halogenated alkanes) is 1. The third-order valence-electron chi connectivity index (χ3n) is 16.6. The second-order valence-electron chi connectivity index (χ2n) is 22.5. The first kappa shape index (κ1) is 56.4. The standard InChI is InChI=1S/C82H70IN4/c1-6-7-52-83-62-42-51-75-78(57-62)82(77-54-61(5)80(56-59(77)3)87(68-38-24-13-25-39-68)72-49-45-70(46-50-72)85(65-32-18-10-19-33-65)66-34-20-11-21-35-66)74-41-27-26-40-73(74)81(75)76-53-60(4)79(55-58(76)2)86(67-36-22-12-23-37-67)71-47-43-69(44-48-71)84(63-28-14-8-15-29-63)64-30-16-9-17-31-64/h8-51,53-57H,6-7,52H2,1-5H3/q-1. The Labute approximate surface area is 524 Å². The van der Waals surface area contributed by atoms with E-state index in [1.807, 2.05) is 0 Å². The summed E-state index contributed by atoms with van der Waals surface area (Å²) >= 11 is -0.179. The van der Waals surface area contributed by atoms with Gasteiger partial charge in [-0.25, -0.2) is 0 Å². The van der Waals surface area contributed by atoms with Gasteiger partial charge in [0, 0.05) is 34.1 Å². The van der Waals surface area contributed by atoms with Crippen LogP contribution in [0.3, 0.4) is 0 Å². The van der Waals surface area contributed by atoms with Crippen molar-refractivity contribution in [2.75, 3.05) is 24.0 Å². The zero-order valence-electron chi connectivity index (χ0n) is 50.1. The summed E-state index contributed by atoms with van der Waals surface area (Å²) in [6.07, 6.45) is 2.47. The van der Waals surface area contributed by atoms with Gasteiger partial charge in [-0.05, 0) is 60.7 Å². The molecule has 0 N–H and O–H groups in total. The number of nitrogens with zero attached hydrogens (tertiary/aromatic N) is 4. The van der Waals surface area contributed by atoms with Crippen molar-refractivity contribution >= 4 is 89.8 Å². The molecular formula is C82H70IN4-. The minimum atomic E-state index is -0.179. The van der Waals surface area contributed by atoms with Crippen LogP contribution in [0.4, 0.5) is 68.2 Å². The number of alkyl halides is 1. The number of rotatable bonds is 18. The Morgan fingerprint density at radius 1 is 0.264 bits per heavy atom. The summed E-state index contributed by atoms with van der Waals surface area (Å²) in [5.74, 6) is 0. The molecule has 0 aromatic heterocycles. The molecule has 0 aliphatic rings. The number of hydrogen-bond donors (Lipinski definition) is 0. The first-order chi connectivity index (χ1) is 42.8. The van der Waals surface area contributed by atoms with E-state index in [9.17, 15) is 0 Å². The van der Waals surface area contributed by atoms with Gasteiger partial charge >= 0.3 is 326 Å². The molecule has 13 aromatic rings. The number of aryl methyl sites for hydroxylation is 4. The summed E-state index contributed by atoms with van der Waals surface area (Å²) in [7, 11) is 0. The van der Waals surface area contributed by atoms with E-state index >= 15 is 0 Å². The number of hydrogen-bond acceptors (Lipinski definition) is 4. The van der Waals surface area contributed by atoms with Crippen molar-refractivity contribution in [3.05, 3.63) is 323 Å². The molecule has 87 heavy (non-hydrogen) atoms. The number of benzene rings is 13. The molecule has 0 radical (unpaired) electrons. The van der Waals surface area contributed by atoms with Crippen molar-refractivity contribution < 1.29 is 21.2 Å². The van der Waals surface area contributed by atoms with Crippen LogP contribution in [-0.2, 0) is 0 Å². The molecule has 0 amide bonds. The number of para-hydroxylation sites is 6. The van der Waals surface area contributed by atoms with E-state index in [2.05, 4.69) is 351 Å². The van der Waals surface area contributed by atoms with Gasteiger partial charge in [-0.15, -0.1) is 0 Å². The first-order valence-electron chi connectivity index (χ1n) is 30.3. The second kappa shape index (κ2) is 25.5. The van der Waals surface area contributed by atoms with E-state index in [1.165, 1.54) is 86.9 Å². The van der Waals surface area contributed by atoms with Crippen molar-refractivity contribution in [3.8, 4) is 22.3 Å². The van der Waals surface area contributed by atoms with Crippen molar-refractivity contribution in [2.24, 2.45) is 0 Å². The van der Waals surface area contributed by atoms with Gasteiger partial charge in [0.2, 0.25) is 0 Å². The predicted octanol–water partition coefficient (Wildman–Crippen LogP) is 20.5. The summed E-state index contributed by atoms with van der Waals surface area (Å²) < 4.78 is 2.76. The van der Waals surface area contributed by atoms with Gasteiger partial charge in [-0.1, -0.05) is 97.1 Å². The number of fused-ring (bicyclic) bond motifs is 2. The normalized spacial score (nSPS) is 11.3. The summed E-state index contributed by atoms with van der Waals surface area (Å²) in [5, 5.41) is 5.12. The Hall–Kier alpha value is -9.69. The van der Waals surface area contributed by atoms with Crippen LogP contribution in [0.25, 0.3) is 43.8 Å². The minimum absolute atomic E-state index is 0.179. The molecule has 5 heteroatoms. The van der Waals surface area contributed by atoms with Crippen LogP contribution in [0, 0.1) is 31.3 Å². The van der Waals surface area contributed by atoms with E-state index < -0.39 is 0 Å². The molecule has 0 atom stereocenters. The van der Waals surface area contributed by atoms with Gasteiger partial charge in [0.1, 0.15) is 0 Å². The van der Waals surface area contributed by atoms with Gasteiger partial charge in [-0.3, -0.25) is 0 Å². The molecule has 0 bridgehead atoms. The Balaban J connectivity index is 0.926. The van der Waals surface area contributed by atoms with E-state index in [0.29, 0.717) is 0 Å². The average Bonchev–Trinajstić information content (AvgIpc) is 0.946. The van der Waals surface area contributed by atoms with Crippen LogP contribution in [0.2, 0.25) is 0 Å². The monoisotopic (exact) mass is 1240 g/mol. The van der Waals surface area contributed by atoms with Crippen molar-refractivity contribution in [3.63, 3.8) is 0 Å². The van der Waals surface area contributed by atoms with Crippen molar-refractivity contribution in [1.29, 1.82) is 0 Å². The SMILES string of the molecule is CCCC[I-]c1ccc2c(-c3cc(C)c(N(c4ccccc4)c4ccc(N(c5ccccc5)c5ccccc5)cc4)cc3C)c3ccccc3c(-c3cc(C)c(N(c4ccccc4)c4ccc(N(c5ccccc5)c5ccccc5)cc4)cc3C)c2c1. The second-order valence-corrected chi connectivity index (χ2v) is 25.5. The van der Waals surface area contributed by atoms with Crippen LogP contribution in [0.15, 0.2) is 297 Å². The zero-order chi connectivity index (χ0) is 59.2. The van der Waals surface area contributed by atoms with Crippen LogP contribution in [-0.4, -0.2) is 4.43 Å². The molecule has 0 saturated heterocycles. The van der Waals surface area contributed by atoms with Gasteiger partial charge in [-0.2, -0.15) is 0 Å². The predicted molar refractivity (Wildman–Crippen MR) is 368 cm³/mol.